The summed E-state index contributed by atoms with van der Waals surface area (Å²) >= 11 is 1.77. The second kappa shape index (κ2) is 6.41. The van der Waals surface area contributed by atoms with Crippen LogP contribution in [0.4, 0.5) is 0 Å². The molecule has 0 bridgehead atoms. The third-order valence-corrected chi connectivity index (χ3v) is 4.24. The van der Waals surface area contributed by atoms with Gasteiger partial charge in [0, 0.05) is 16.9 Å². The Hall–Kier alpha value is -1.65. The third kappa shape index (κ3) is 3.71. The van der Waals surface area contributed by atoms with Crippen molar-refractivity contribution in [1.82, 2.24) is 10.3 Å². The van der Waals surface area contributed by atoms with Crippen LogP contribution in [0, 0.1) is 0 Å². The molecule has 0 saturated heterocycles. The highest BCUT2D eigenvalue weighted by Gasteiger charge is 2.05. The van der Waals surface area contributed by atoms with Crippen molar-refractivity contribution in [2.45, 2.75) is 37.2 Å². The lowest BCUT2D eigenvalue weighted by Crippen LogP contribution is -2.21. The molecule has 0 amide bonds. The zero-order valence-electron chi connectivity index (χ0n) is 12.3. The van der Waals surface area contributed by atoms with Crippen LogP contribution in [0.15, 0.2) is 51.9 Å². The fourth-order valence-corrected chi connectivity index (χ4v) is 3.02. The molecule has 0 spiro atoms. The number of nitrogens with one attached hydrogen (secondary N) is 2. The lowest BCUT2D eigenvalue weighted by molar-refractivity contribution is 0.445. The number of hydrogen-bond donors (Lipinski definition) is 2. The summed E-state index contributed by atoms with van der Waals surface area (Å²) in [6, 6.07) is 15.1. The van der Waals surface area contributed by atoms with E-state index in [-0.39, 0.29) is 0 Å². The molecule has 21 heavy (non-hydrogen) atoms. The van der Waals surface area contributed by atoms with E-state index in [9.17, 15) is 0 Å². The first-order valence-electron chi connectivity index (χ1n) is 7.22. The molecule has 0 saturated carbocycles. The lowest BCUT2D eigenvalue weighted by Gasteiger charge is -2.04. The van der Waals surface area contributed by atoms with Gasteiger partial charge in [0.15, 0.2) is 0 Å². The number of furan rings is 1. The molecular weight excluding hydrogens is 280 g/mol. The summed E-state index contributed by atoms with van der Waals surface area (Å²) in [4.78, 5) is 3.42. The van der Waals surface area contributed by atoms with Gasteiger partial charge in [-0.25, -0.2) is 0 Å². The molecular formula is C17H20N2OS. The highest BCUT2D eigenvalue weighted by Crippen LogP contribution is 2.26. The van der Waals surface area contributed by atoms with Crippen molar-refractivity contribution >= 4 is 22.7 Å². The number of aromatic amines is 1. The van der Waals surface area contributed by atoms with Gasteiger partial charge >= 0.3 is 0 Å². The van der Waals surface area contributed by atoms with Crippen LogP contribution in [-0.2, 0) is 12.3 Å². The van der Waals surface area contributed by atoms with E-state index in [1.807, 2.05) is 6.07 Å². The maximum Gasteiger partial charge on any atom is 0.118 e. The van der Waals surface area contributed by atoms with E-state index >= 15 is 0 Å². The predicted molar refractivity (Wildman–Crippen MR) is 88.5 cm³/mol. The average molecular weight is 300 g/mol. The summed E-state index contributed by atoms with van der Waals surface area (Å²) in [5.41, 5.74) is 1.18. The molecule has 0 aliphatic rings. The van der Waals surface area contributed by atoms with Crippen LogP contribution in [0.2, 0.25) is 0 Å². The Kier molecular flexibility index (Phi) is 4.36. The normalized spacial score (nSPS) is 11.6. The molecule has 2 N–H and O–H groups in total. The van der Waals surface area contributed by atoms with E-state index in [2.05, 4.69) is 60.5 Å². The fraction of sp³-hybridized carbons (Fsp3) is 0.294. The largest absolute Gasteiger partial charge is 0.464 e. The Morgan fingerprint density at radius 3 is 2.76 bits per heavy atom. The summed E-state index contributed by atoms with van der Waals surface area (Å²) in [7, 11) is 0. The molecule has 0 fully saturated rings. The number of rotatable bonds is 6. The summed E-state index contributed by atoms with van der Waals surface area (Å²) in [5.74, 6) is 2.85. The van der Waals surface area contributed by atoms with Gasteiger partial charge in [0.05, 0.1) is 17.3 Å². The predicted octanol–water partition coefficient (Wildman–Crippen LogP) is 4.55. The number of aromatic nitrogens is 1. The second-order valence-electron chi connectivity index (χ2n) is 5.41. The SMILES string of the molecule is CC(C)NCc1ccc(CSc2cc3ccccc3[nH]2)o1. The Morgan fingerprint density at radius 1 is 1.14 bits per heavy atom. The van der Waals surface area contributed by atoms with E-state index < -0.39 is 0 Å². The maximum atomic E-state index is 5.83. The van der Waals surface area contributed by atoms with Crippen molar-refractivity contribution in [1.29, 1.82) is 0 Å². The standard InChI is InChI=1S/C17H20N2OS/c1-12(2)18-10-14-7-8-15(20-14)11-21-17-9-13-5-3-4-6-16(13)19-17/h3-9,12,18-19H,10-11H2,1-2H3. The van der Waals surface area contributed by atoms with E-state index in [4.69, 9.17) is 4.42 Å². The molecule has 0 atom stereocenters. The van der Waals surface area contributed by atoms with E-state index in [0.29, 0.717) is 6.04 Å². The highest BCUT2D eigenvalue weighted by atomic mass is 32.2. The van der Waals surface area contributed by atoms with E-state index in [1.165, 1.54) is 15.9 Å². The summed E-state index contributed by atoms with van der Waals surface area (Å²) in [5, 5.41) is 5.79. The Labute approximate surface area is 129 Å². The number of para-hydroxylation sites is 1. The van der Waals surface area contributed by atoms with Gasteiger partial charge in [-0.05, 0) is 24.3 Å². The quantitative estimate of drug-likeness (QED) is 0.656. The highest BCUT2D eigenvalue weighted by molar-refractivity contribution is 7.98. The first-order valence-corrected chi connectivity index (χ1v) is 8.21. The monoisotopic (exact) mass is 300 g/mol. The minimum Gasteiger partial charge on any atom is -0.464 e. The molecule has 3 nitrogen and oxygen atoms in total. The summed E-state index contributed by atoms with van der Waals surface area (Å²) < 4.78 is 5.83. The second-order valence-corrected chi connectivity index (χ2v) is 6.43. The zero-order chi connectivity index (χ0) is 14.7. The van der Waals surface area contributed by atoms with Gasteiger partial charge in [0.2, 0.25) is 0 Å². The Balaban J connectivity index is 1.59. The fourth-order valence-electron chi connectivity index (χ4n) is 2.17. The lowest BCUT2D eigenvalue weighted by atomic mass is 10.3. The van der Waals surface area contributed by atoms with E-state index in [0.717, 1.165) is 23.8 Å². The van der Waals surface area contributed by atoms with Gasteiger partial charge in [-0.2, -0.15) is 0 Å². The van der Waals surface area contributed by atoms with Crippen LogP contribution in [0.3, 0.4) is 0 Å². The van der Waals surface area contributed by atoms with Gasteiger partial charge < -0.3 is 14.7 Å². The Morgan fingerprint density at radius 2 is 1.95 bits per heavy atom. The molecule has 110 valence electrons. The number of hydrogen-bond acceptors (Lipinski definition) is 3. The molecule has 0 aliphatic carbocycles. The smallest absolute Gasteiger partial charge is 0.118 e. The first-order chi connectivity index (χ1) is 10.2. The number of H-pyrrole nitrogens is 1. The van der Waals surface area contributed by atoms with E-state index in [1.54, 1.807) is 11.8 Å². The summed E-state index contributed by atoms with van der Waals surface area (Å²) in [6.45, 7) is 5.06. The van der Waals surface area contributed by atoms with Gasteiger partial charge in [-0.15, -0.1) is 11.8 Å². The minimum absolute atomic E-state index is 0.472. The van der Waals surface area contributed by atoms with Gasteiger partial charge in [0.25, 0.3) is 0 Å². The minimum atomic E-state index is 0.472. The molecule has 2 heterocycles. The molecule has 3 rings (SSSR count). The molecule has 4 heteroatoms. The third-order valence-electron chi connectivity index (χ3n) is 3.28. The molecule has 0 radical (unpaired) electrons. The van der Waals surface area contributed by atoms with Crippen molar-refractivity contribution in [3.05, 3.63) is 54.0 Å². The van der Waals surface area contributed by atoms with Crippen molar-refractivity contribution in [2.24, 2.45) is 0 Å². The maximum absolute atomic E-state index is 5.83. The zero-order valence-corrected chi connectivity index (χ0v) is 13.2. The first kappa shape index (κ1) is 14.3. The number of thioether (sulfide) groups is 1. The van der Waals surface area contributed by atoms with Crippen LogP contribution >= 0.6 is 11.8 Å². The van der Waals surface area contributed by atoms with Crippen LogP contribution in [-0.4, -0.2) is 11.0 Å². The van der Waals surface area contributed by atoms with Crippen molar-refractivity contribution in [2.75, 3.05) is 0 Å². The molecule has 0 aliphatic heterocycles. The van der Waals surface area contributed by atoms with Gasteiger partial charge in [0.1, 0.15) is 11.5 Å². The van der Waals surface area contributed by atoms with Crippen LogP contribution in [0.5, 0.6) is 0 Å². The molecule has 3 aromatic rings. The van der Waals surface area contributed by atoms with Crippen molar-refractivity contribution in [3.8, 4) is 0 Å². The molecule has 1 aromatic carbocycles. The van der Waals surface area contributed by atoms with Crippen molar-refractivity contribution < 1.29 is 4.42 Å². The topological polar surface area (TPSA) is 41.0 Å². The molecule has 0 unspecified atom stereocenters. The van der Waals surface area contributed by atoms with Crippen molar-refractivity contribution in [3.63, 3.8) is 0 Å². The van der Waals surface area contributed by atoms with Gasteiger partial charge in [-0.3, -0.25) is 0 Å². The number of benzene rings is 1. The number of fused-ring (bicyclic) bond motifs is 1. The average Bonchev–Trinajstić information content (AvgIpc) is 3.09. The summed E-state index contributed by atoms with van der Waals surface area (Å²) in [6.07, 6.45) is 0. The Bertz CT molecular complexity index is 681. The van der Waals surface area contributed by atoms with Crippen LogP contribution < -0.4 is 5.32 Å². The van der Waals surface area contributed by atoms with Gasteiger partial charge in [-0.1, -0.05) is 32.0 Å². The van der Waals surface area contributed by atoms with Crippen LogP contribution in [0.25, 0.3) is 10.9 Å². The van der Waals surface area contributed by atoms with Crippen LogP contribution in [0.1, 0.15) is 25.4 Å². The molecule has 2 aromatic heterocycles.